The molecule has 27 heavy (non-hydrogen) atoms. The number of nitrogens with zero attached hydrogens (tertiary/aromatic N) is 2. The Morgan fingerprint density at radius 3 is 2.63 bits per heavy atom. The minimum Gasteiger partial charge on any atom is -0.390 e. The van der Waals surface area contributed by atoms with Crippen molar-refractivity contribution in [3.8, 4) is 0 Å². The van der Waals surface area contributed by atoms with Gasteiger partial charge in [-0.1, -0.05) is 53.2 Å². The van der Waals surface area contributed by atoms with Crippen LogP contribution in [0.25, 0.3) is 0 Å². The summed E-state index contributed by atoms with van der Waals surface area (Å²) in [6, 6.07) is 14.8. The van der Waals surface area contributed by atoms with Gasteiger partial charge in [0.1, 0.15) is 5.82 Å². The number of benzene rings is 2. The molecule has 1 heterocycles. The lowest BCUT2D eigenvalue weighted by atomic mass is 10.0. The Labute approximate surface area is 158 Å². The molecule has 1 unspecified atom stereocenters. The fraction of sp³-hybridized carbons (Fsp3) is 0.364. The molecule has 0 spiro atoms. The van der Waals surface area contributed by atoms with Gasteiger partial charge in [-0.2, -0.15) is 0 Å². The summed E-state index contributed by atoms with van der Waals surface area (Å²) in [6.45, 7) is 2.73. The Bertz CT molecular complexity index is 859. The van der Waals surface area contributed by atoms with Gasteiger partial charge in [0, 0.05) is 24.4 Å². The van der Waals surface area contributed by atoms with E-state index in [9.17, 15) is 9.18 Å². The molecule has 2 aromatic carbocycles. The molecule has 0 aromatic heterocycles. The maximum Gasteiger partial charge on any atom is 0.226 e. The van der Waals surface area contributed by atoms with Crippen molar-refractivity contribution < 1.29 is 14.0 Å². The molecule has 0 N–H and O–H groups in total. The first kappa shape index (κ1) is 17.7. The van der Waals surface area contributed by atoms with E-state index in [0.29, 0.717) is 18.5 Å². The molecule has 4 rings (SSSR count). The van der Waals surface area contributed by atoms with Crippen LogP contribution in [0.3, 0.4) is 0 Å². The number of hydrogen-bond acceptors (Lipinski definition) is 3. The van der Waals surface area contributed by atoms with Crippen LogP contribution in [0.4, 0.5) is 4.39 Å². The number of halogens is 1. The smallest absolute Gasteiger partial charge is 0.226 e. The number of rotatable bonds is 6. The molecule has 0 bridgehead atoms. The third-order valence-corrected chi connectivity index (χ3v) is 5.10. The van der Waals surface area contributed by atoms with Crippen LogP contribution < -0.4 is 0 Å². The first-order valence-corrected chi connectivity index (χ1v) is 9.42. The summed E-state index contributed by atoms with van der Waals surface area (Å²) in [4.78, 5) is 20.0. The standard InChI is InChI=1S/C22H23FN2O2/c1-15-6-8-16(9-7-15)21-12-19(27-24-21)14-25(22(26)17-10-11-17)13-18-4-2-3-5-20(18)23/h2-9,17,19H,10-14H2,1H3. The van der Waals surface area contributed by atoms with E-state index in [2.05, 4.69) is 5.16 Å². The molecule has 1 saturated carbocycles. The second-order valence-electron chi connectivity index (χ2n) is 7.42. The molecule has 1 fully saturated rings. The molecule has 1 aliphatic carbocycles. The van der Waals surface area contributed by atoms with Crippen LogP contribution in [-0.4, -0.2) is 29.2 Å². The molecule has 0 saturated heterocycles. The monoisotopic (exact) mass is 366 g/mol. The van der Waals surface area contributed by atoms with Crippen molar-refractivity contribution in [2.75, 3.05) is 6.54 Å². The van der Waals surface area contributed by atoms with Crippen molar-refractivity contribution in [1.29, 1.82) is 0 Å². The Balaban J connectivity index is 1.44. The first-order valence-electron chi connectivity index (χ1n) is 9.42. The fourth-order valence-electron chi connectivity index (χ4n) is 3.34. The van der Waals surface area contributed by atoms with E-state index in [1.54, 1.807) is 23.1 Å². The highest BCUT2D eigenvalue weighted by molar-refractivity contribution is 6.01. The van der Waals surface area contributed by atoms with Gasteiger partial charge in [0.05, 0.1) is 12.3 Å². The molecule has 4 nitrogen and oxygen atoms in total. The molecule has 0 radical (unpaired) electrons. The molecule has 140 valence electrons. The summed E-state index contributed by atoms with van der Waals surface area (Å²) in [5.41, 5.74) is 3.66. The van der Waals surface area contributed by atoms with Crippen LogP contribution in [0.5, 0.6) is 0 Å². The minimum absolute atomic E-state index is 0.0793. The second-order valence-corrected chi connectivity index (χ2v) is 7.42. The Kier molecular flexibility index (Phi) is 4.92. The maximum atomic E-state index is 14.1. The molecule has 2 aliphatic rings. The van der Waals surface area contributed by atoms with Crippen LogP contribution >= 0.6 is 0 Å². The summed E-state index contributed by atoms with van der Waals surface area (Å²) in [5, 5.41) is 4.22. The third kappa shape index (κ3) is 4.18. The Morgan fingerprint density at radius 1 is 1.19 bits per heavy atom. The highest BCUT2D eigenvalue weighted by Gasteiger charge is 2.36. The van der Waals surface area contributed by atoms with E-state index in [-0.39, 0.29) is 30.3 Å². The Morgan fingerprint density at radius 2 is 1.93 bits per heavy atom. The largest absolute Gasteiger partial charge is 0.390 e. The molecule has 1 aliphatic heterocycles. The quantitative estimate of drug-likeness (QED) is 0.773. The third-order valence-electron chi connectivity index (χ3n) is 5.10. The van der Waals surface area contributed by atoms with Gasteiger partial charge in [-0.3, -0.25) is 4.79 Å². The fourth-order valence-corrected chi connectivity index (χ4v) is 3.34. The maximum absolute atomic E-state index is 14.1. The van der Waals surface area contributed by atoms with Gasteiger partial charge in [0.15, 0.2) is 6.10 Å². The average Bonchev–Trinajstić information content (AvgIpc) is 3.42. The van der Waals surface area contributed by atoms with Crippen LogP contribution in [-0.2, 0) is 16.2 Å². The highest BCUT2D eigenvalue weighted by atomic mass is 19.1. The van der Waals surface area contributed by atoms with Gasteiger partial charge in [-0.25, -0.2) is 4.39 Å². The lowest BCUT2D eigenvalue weighted by Gasteiger charge is -2.25. The van der Waals surface area contributed by atoms with Gasteiger partial charge in [-0.05, 0) is 31.4 Å². The molecule has 2 aromatic rings. The minimum atomic E-state index is -0.282. The van der Waals surface area contributed by atoms with Crippen molar-refractivity contribution in [3.63, 3.8) is 0 Å². The number of carbonyl (C=O) groups excluding carboxylic acids is 1. The van der Waals surface area contributed by atoms with E-state index in [0.717, 1.165) is 24.1 Å². The van der Waals surface area contributed by atoms with Crippen molar-refractivity contribution in [1.82, 2.24) is 4.90 Å². The van der Waals surface area contributed by atoms with Gasteiger partial charge in [0.25, 0.3) is 0 Å². The Hall–Kier alpha value is -2.69. The zero-order chi connectivity index (χ0) is 18.8. The van der Waals surface area contributed by atoms with Gasteiger partial charge >= 0.3 is 0 Å². The van der Waals surface area contributed by atoms with Gasteiger partial charge in [-0.15, -0.1) is 0 Å². The number of aryl methyl sites for hydroxylation is 1. The topological polar surface area (TPSA) is 41.9 Å². The van der Waals surface area contributed by atoms with Gasteiger partial charge < -0.3 is 9.74 Å². The van der Waals surface area contributed by atoms with E-state index < -0.39 is 0 Å². The van der Waals surface area contributed by atoms with Crippen LogP contribution in [0, 0.1) is 18.7 Å². The molecular weight excluding hydrogens is 343 g/mol. The normalized spacial score (nSPS) is 18.7. The van der Waals surface area contributed by atoms with Crippen LogP contribution in [0.2, 0.25) is 0 Å². The van der Waals surface area contributed by atoms with E-state index in [1.807, 2.05) is 31.2 Å². The summed E-state index contributed by atoms with van der Waals surface area (Å²) in [6.07, 6.45) is 2.29. The lowest BCUT2D eigenvalue weighted by Crippen LogP contribution is -2.38. The predicted octanol–water partition coefficient (Wildman–Crippen LogP) is 4.07. The number of oxime groups is 1. The average molecular weight is 366 g/mol. The highest BCUT2D eigenvalue weighted by Crippen LogP contribution is 2.32. The molecule has 1 atom stereocenters. The van der Waals surface area contributed by atoms with Crippen molar-refractivity contribution >= 4 is 11.6 Å². The molecule has 1 amide bonds. The summed E-state index contributed by atoms with van der Waals surface area (Å²) < 4.78 is 14.1. The number of carbonyl (C=O) groups is 1. The lowest BCUT2D eigenvalue weighted by molar-refractivity contribution is -0.135. The predicted molar refractivity (Wildman–Crippen MR) is 102 cm³/mol. The zero-order valence-electron chi connectivity index (χ0n) is 15.4. The van der Waals surface area contributed by atoms with Crippen molar-refractivity contribution in [3.05, 3.63) is 71.0 Å². The zero-order valence-corrected chi connectivity index (χ0v) is 15.4. The number of hydrogen-bond donors (Lipinski definition) is 0. The summed E-state index contributed by atoms with van der Waals surface area (Å²) in [7, 11) is 0. The molecule has 5 heteroatoms. The summed E-state index contributed by atoms with van der Waals surface area (Å²) >= 11 is 0. The number of amides is 1. The van der Waals surface area contributed by atoms with E-state index in [1.165, 1.54) is 11.6 Å². The SMILES string of the molecule is Cc1ccc(C2=NOC(CN(Cc3ccccc3F)C(=O)C3CC3)C2)cc1. The first-order chi connectivity index (χ1) is 13.1. The van der Waals surface area contributed by atoms with E-state index >= 15 is 0 Å². The van der Waals surface area contributed by atoms with Crippen molar-refractivity contribution in [2.24, 2.45) is 11.1 Å². The van der Waals surface area contributed by atoms with E-state index in [4.69, 9.17) is 4.84 Å². The molecular formula is C22H23FN2O2. The van der Waals surface area contributed by atoms with Crippen LogP contribution in [0.15, 0.2) is 53.7 Å². The van der Waals surface area contributed by atoms with Crippen molar-refractivity contribution in [2.45, 2.75) is 38.8 Å². The van der Waals surface area contributed by atoms with Crippen LogP contribution in [0.1, 0.15) is 36.0 Å². The second kappa shape index (κ2) is 7.51. The summed E-state index contributed by atoms with van der Waals surface area (Å²) in [5.74, 6) is -0.115. The van der Waals surface area contributed by atoms with Gasteiger partial charge in [0.2, 0.25) is 5.91 Å².